The average molecular weight is 1590 g/mol. The van der Waals surface area contributed by atoms with Gasteiger partial charge < -0.3 is 28.1 Å². The molecule has 0 N–H and O–H groups in total. The van der Waals surface area contributed by atoms with E-state index in [0.29, 0.717) is 25.7 Å². The van der Waals surface area contributed by atoms with Gasteiger partial charge >= 0.3 is 61.6 Å². The number of esters is 4. The number of allylic oxidation sites excluding steroid dienone is 4. The molecule has 620 valence electrons. The Morgan fingerprint density at radius 3 is 0.606 bits per heavy atom. The summed E-state index contributed by atoms with van der Waals surface area (Å²) in [4.78, 5) is 50.2. The van der Waals surface area contributed by atoms with Gasteiger partial charge in [-0.3, -0.25) is 0 Å². The molecule has 2 aromatic carbocycles. The molecular formula is C92H154CaO14S2. The van der Waals surface area contributed by atoms with E-state index in [9.17, 15) is 45.1 Å². The van der Waals surface area contributed by atoms with Crippen molar-refractivity contribution in [2.45, 2.75) is 423 Å². The largest absolute Gasteiger partial charge is 2.00 e. The Labute approximate surface area is 696 Å². The van der Waals surface area contributed by atoms with Gasteiger partial charge in [-0.1, -0.05) is 397 Å². The second-order valence-corrected chi connectivity index (χ2v) is 32.7. The van der Waals surface area contributed by atoms with Gasteiger partial charge in [0.1, 0.15) is 20.2 Å². The second-order valence-electron chi connectivity index (χ2n) is 30.0. The summed E-state index contributed by atoms with van der Waals surface area (Å²) < 4.78 is 93.1. The van der Waals surface area contributed by atoms with Crippen molar-refractivity contribution < 1.29 is 64.1 Å². The minimum Gasteiger partial charge on any atom is -0.744 e. The zero-order valence-corrected chi connectivity index (χ0v) is 73.4. The molecule has 0 bridgehead atoms. The van der Waals surface area contributed by atoms with E-state index < -0.39 is 65.0 Å². The van der Waals surface area contributed by atoms with E-state index >= 15 is 0 Å². The summed E-state index contributed by atoms with van der Waals surface area (Å²) >= 11 is 0. The molecule has 0 atom stereocenters. The number of rotatable bonds is 74. The molecule has 0 spiro atoms. The van der Waals surface area contributed by atoms with Crippen LogP contribution in [0.5, 0.6) is 0 Å². The normalized spacial score (nSPS) is 11.8. The van der Waals surface area contributed by atoms with Crippen LogP contribution in [0.1, 0.15) is 454 Å². The van der Waals surface area contributed by atoms with Gasteiger partial charge in [0.05, 0.1) is 58.5 Å². The van der Waals surface area contributed by atoms with E-state index in [0.717, 1.165) is 63.5 Å². The fourth-order valence-corrected chi connectivity index (χ4v) is 14.9. The first kappa shape index (κ1) is 105. The van der Waals surface area contributed by atoms with E-state index in [1.165, 1.54) is 332 Å². The summed E-state index contributed by atoms with van der Waals surface area (Å²) in [5.41, 5.74) is -1.70. The molecule has 109 heavy (non-hydrogen) atoms. The Balaban J connectivity index is 0.00000212. The van der Waals surface area contributed by atoms with Crippen molar-refractivity contribution in [2.24, 2.45) is 0 Å². The SMILES string of the molecule is CCCCCCCCCCCCCCC/C=C/CCOC(=O)c1cccc(S(=O)(=O)[O-])c1C(=O)OCC/C=C/CCCCCCCCCCCCCCC.CCCCCCCCCCCCCCC/C=C/CCOC(=O)c1cccc(S(=O)(=O)[O-])c1C(=O)OCC/C=C/CCCCCCCCCCCCCCC.[Ca+2]. The van der Waals surface area contributed by atoms with Gasteiger partial charge in [0.15, 0.2) is 0 Å². The molecule has 2 aromatic rings. The van der Waals surface area contributed by atoms with E-state index in [1.54, 1.807) is 0 Å². The number of hydrogen-bond acceptors (Lipinski definition) is 14. The average Bonchev–Trinajstić information content (AvgIpc) is 0.798. The van der Waals surface area contributed by atoms with Crippen molar-refractivity contribution in [3.8, 4) is 0 Å². The van der Waals surface area contributed by atoms with Crippen molar-refractivity contribution in [1.82, 2.24) is 0 Å². The molecule has 0 aliphatic rings. The molecule has 0 saturated heterocycles. The van der Waals surface area contributed by atoms with Gasteiger partial charge in [-0.25, -0.2) is 36.0 Å². The van der Waals surface area contributed by atoms with Gasteiger partial charge in [0.25, 0.3) is 0 Å². The first-order valence-electron chi connectivity index (χ1n) is 44.1. The third-order valence-electron chi connectivity index (χ3n) is 20.1. The number of carbonyl (C=O) groups excluding carboxylic acids is 4. The van der Waals surface area contributed by atoms with Gasteiger partial charge in [0, 0.05) is 0 Å². The van der Waals surface area contributed by atoms with Crippen LogP contribution in [0.4, 0.5) is 0 Å². The Morgan fingerprint density at radius 2 is 0.422 bits per heavy atom. The topological polar surface area (TPSA) is 220 Å². The van der Waals surface area contributed by atoms with Crippen molar-refractivity contribution in [3.63, 3.8) is 0 Å². The third kappa shape index (κ3) is 62.4. The quantitative estimate of drug-likeness (QED) is 0.0150. The molecule has 17 heteroatoms. The molecule has 0 unspecified atom stereocenters. The molecule has 0 heterocycles. The number of hydrogen-bond donors (Lipinski definition) is 0. The first-order valence-corrected chi connectivity index (χ1v) is 46.9. The summed E-state index contributed by atoms with van der Waals surface area (Å²) in [6, 6.07) is 7.12. The minimum absolute atomic E-state index is 0. The summed E-state index contributed by atoms with van der Waals surface area (Å²) in [5.74, 6) is -3.79. The van der Waals surface area contributed by atoms with E-state index in [1.807, 2.05) is 24.3 Å². The summed E-state index contributed by atoms with van der Waals surface area (Å²) in [6.07, 6.45) is 90.4. The predicted octanol–water partition coefficient (Wildman–Crippen LogP) is 27.1. The van der Waals surface area contributed by atoms with Crippen LogP contribution in [0.3, 0.4) is 0 Å². The standard InChI is InChI=1S/2C46H78O7S.Ca/c2*1-3-5-7-9-11-13-15-17-19-21-23-25-27-29-31-33-35-40-52-45(47)42-38-37-39-43(54(49,50)51)44(42)46(48)53-41-36-34-32-30-28-26-24-22-20-18-16-14-12-10-8-6-4-2;/h2*31-34,37-39H,3-30,35-36,40-41H2,1-2H3,(H,49,50,51);/q;;+2/p-2/b2*33-31+,34-32+;. The van der Waals surface area contributed by atoms with Crippen LogP contribution in [0.15, 0.2) is 94.8 Å². The minimum atomic E-state index is -5.03. The van der Waals surface area contributed by atoms with E-state index in [4.69, 9.17) is 18.9 Å². The molecule has 0 radical (unpaired) electrons. The number of unbranched alkanes of at least 4 members (excludes halogenated alkanes) is 52. The van der Waals surface area contributed by atoms with Gasteiger partial charge in [0.2, 0.25) is 0 Å². The zero-order valence-electron chi connectivity index (χ0n) is 69.6. The fourth-order valence-electron chi connectivity index (χ4n) is 13.5. The van der Waals surface area contributed by atoms with Crippen molar-refractivity contribution in [1.29, 1.82) is 0 Å². The molecule has 0 fully saturated rings. The molecular weight excluding hydrogens is 1430 g/mol. The summed E-state index contributed by atoms with van der Waals surface area (Å²) in [6.45, 7) is 9.17. The summed E-state index contributed by atoms with van der Waals surface area (Å²) in [5, 5.41) is 0. The first-order chi connectivity index (χ1) is 52.6. The smallest absolute Gasteiger partial charge is 0.744 e. The number of carbonyl (C=O) groups is 4. The maximum absolute atomic E-state index is 13.0. The van der Waals surface area contributed by atoms with E-state index in [2.05, 4.69) is 52.0 Å². The van der Waals surface area contributed by atoms with Crippen LogP contribution in [0.25, 0.3) is 0 Å². The molecule has 14 nitrogen and oxygen atoms in total. The molecule has 0 amide bonds. The number of ether oxygens (including phenoxy) is 4. The Morgan fingerprint density at radius 1 is 0.257 bits per heavy atom. The molecule has 0 aromatic heterocycles. The Bertz CT molecular complexity index is 2670. The molecule has 0 saturated carbocycles. The van der Waals surface area contributed by atoms with Crippen molar-refractivity contribution in [3.05, 3.63) is 107 Å². The predicted molar refractivity (Wildman–Crippen MR) is 452 cm³/mol. The Kier molecular flexibility index (Phi) is 74.4. The van der Waals surface area contributed by atoms with Gasteiger partial charge in [-0.05, 0) is 101 Å². The Hall–Kier alpha value is -3.64. The van der Waals surface area contributed by atoms with Crippen molar-refractivity contribution >= 4 is 81.9 Å². The van der Waals surface area contributed by atoms with Gasteiger partial charge in [-0.2, -0.15) is 0 Å². The molecule has 2 rings (SSSR count). The van der Waals surface area contributed by atoms with Crippen LogP contribution in [-0.2, 0) is 39.2 Å². The van der Waals surface area contributed by atoms with Crippen LogP contribution >= 0.6 is 0 Å². The van der Waals surface area contributed by atoms with Crippen LogP contribution in [-0.4, -0.2) is 114 Å². The molecule has 0 aliphatic heterocycles. The monoisotopic (exact) mass is 1590 g/mol. The van der Waals surface area contributed by atoms with Crippen LogP contribution < -0.4 is 0 Å². The number of benzene rings is 2. The van der Waals surface area contributed by atoms with Crippen molar-refractivity contribution in [2.75, 3.05) is 26.4 Å². The zero-order chi connectivity index (χ0) is 78.8. The molecule has 0 aliphatic carbocycles. The third-order valence-corrected chi connectivity index (χ3v) is 21.8. The second kappa shape index (κ2) is 77.0. The van der Waals surface area contributed by atoms with Crippen LogP contribution in [0.2, 0.25) is 0 Å². The van der Waals surface area contributed by atoms with Gasteiger partial charge in [-0.15, -0.1) is 0 Å². The van der Waals surface area contributed by atoms with Crippen LogP contribution in [0, 0.1) is 0 Å². The maximum atomic E-state index is 13.0. The maximum Gasteiger partial charge on any atom is 2.00 e. The fraction of sp³-hybridized carbons (Fsp3) is 0.739. The van der Waals surface area contributed by atoms with E-state index in [-0.39, 0.29) is 75.3 Å². The summed E-state index contributed by atoms with van der Waals surface area (Å²) in [7, 11) is -10.1.